The van der Waals surface area contributed by atoms with Crippen molar-refractivity contribution in [3.8, 4) is 0 Å². The van der Waals surface area contributed by atoms with Crippen LogP contribution in [0.5, 0.6) is 0 Å². The van der Waals surface area contributed by atoms with E-state index in [4.69, 9.17) is 0 Å². The van der Waals surface area contributed by atoms with Crippen molar-refractivity contribution in [3.05, 3.63) is 34.9 Å². The zero-order valence-electron chi connectivity index (χ0n) is 8.62. The fraction of sp³-hybridized carbons (Fsp3) is 0.462. The van der Waals surface area contributed by atoms with Gasteiger partial charge in [0.1, 0.15) is 6.29 Å². The van der Waals surface area contributed by atoms with Crippen molar-refractivity contribution < 1.29 is 4.79 Å². The van der Waals surface area contributed by atoms with Gasteiger partial charge in [0.05, 0.1) is 0 Å². The zero-order valence-corrected chi connectivity index (χ0v) is 8.62. The number of hydrogen-bond acceptors (Lipinski definition) is 1. The van der Waals surface area contributed by atoms with Gasteiger partial charge in [-0.05, 0) is 42.4 Å². The Morgan fingerprint density at radius 1 is 1.36 bits per heavy atom. The van der Waals surface area contributed by atoms with E-state index in [2.05, 4.69) is 18.2 Å². The number of carbonyl (C=O) groups excluding carboxylic acids is 1. The quantitative estimate of drug-likeness (QED) is 0.666. The van der Waals surface area contributed by atoms with E-state index in [1.165, 1.54) is 36.0 Å². The van der Waals surface area contributed by atoms with Crippen molar-refractivity contribution in [3.63, 3.8) is 0 Å². The number of hydrogen-bond donors (Lipinski definition) is 0. The molecule has 1 aliphatic rings. The highest BCUT2D eigenvalue weighted by Crippen LogP contribution is 2.23. The first-order chi connectivity index (χ1) is 6.79. The van der Waals surface area contributed by atoms with E-state index in [1.807, 2.05) is 6.92 Å². The summed E-state index contributed by atoms with van der Waals surface area (Å²) in [5.74, 6) is 0.148. The molecule has 1 unspecified atom stereocenters. The molecule has 1 heteroatoms. The van der Waals surface area contributed by atoms with Crippen molar-refractivity contribution in [1.29, 1.82) is 0 Å². The van der Waals surface area contributed by atoms with E-state index in [0.717, 1.165) is 12.7 Å². The van der Waals surface area contributed by atoms with Gasteiger partial charge in [0.15, 0.2) is 0 Å². The Bertz CT molecular complexity index is 341. The topological polar surface area (TPSA) is 17.1 Å². The highest BCUT2D eigenvalue weighted by Gasteiger charge is 2.11. The summed E-state index contributed by atoms with van der Waals surface area (Å²) in [6, 6.07) is 6.68. The first-order valence-corrected chi connectivity index (χ1v) is 5.35. The second-order valence-corrected chi connectivity index (χ2v) is 4.27. The molecule has 14 heavy (non-hydrogen) atoms. The first-order valence-electron chi connectivity index (χ1n) is 5.35. The molecule has 1 aromatic carbocycles. The first kappa shape index (κ1) is 9.45. The van der Waals surface area contributed by atoms with Crippen LogP contribution in [0.2, 0.25) is 0 Å². The summed E-state index contributed by atoms with van der Waals surface area (Å²) in [5, 5.41) is 0. The Labute approximate surface area is 85.1 Å². The third-order valence-electron chi connectivity index (χ3n) is 2.95. The Kier molecular flexibility index (Phi) is 2.67. The monoisotopic (exact) mass is 188 g/mol. The van der Waals surface area contributed by atoms with E-state index in [0.29, 0.717) is 0 Å². The molecule has 1 nitrogen and oxygen atoms in total. The molecule has 0 radical (unpaired) electrons. The van der Waals surface area contributed by atoms with Crippen molar-refractivity contribution >= 4 is 6.29 Å². The minimum Gasteiger partial charge on any atom is -0.303 e. The molecule has 0 fully saturated rings. The molecular weight excluding hydrogens is 172 g/mol. The second-order valence-electron chi connectivity index (χ2n) is 4.27. The molecule has 0 heterocycles. The molecule has 1 atom stereocenters. The lowest BCUT2D eigenvalue weighted by Gasteiger charge is -2.06. The Hall–Kier alpha value is -1.11. The Morgan fingerprint density at radius 3 is 2.93 bits per heavy atom. The Morgan fingerprint density at radius 2 is 2.14 bits per heavy atom. The van der Waals surface area contributed by atoms with Gasteiger partial charge < -0.3 is 4.79 Å². The summed E-state index contributed by atoms with van der Waals surface area (Å²) < 4.78 is 0. The normalized spacial score (nSPS) is 16.4. The molecule has 0 N–H and O–H groups in total. The van der Waals surface area contributed by atoms with Crippen LogP contribution in [0.1, 0.15) is 30.0 Å². The summed E-state index contributed by atoms with van der Waals surface area (Å²) in [7, 11) is 0. The zero-order chi connectivity index (χ0) is 9.97. The molecule has 0 saturated carbocycles. The van der Waals surface area contributed by atoms with Crippen LogP contribution in [0, 0.1) is 5.92 Å². The number of fused-ring (bicyclic) bond motifs is 1. The van der Waals surface area contributed by atoms with Crippen molar-refractivity contribution in [2.24, 2.45) is 5.92 Å². The smallest absolute Gasteiger partial charge is 0.123 e. The SMILES string of the molecule is CC(C=O)Cc1ccc2c(c1)CCC2. The summed E-state index contributed by atoms with van der Waals surface area (Å²) in [6.45, 7) is 1.97. The maximum absolute atomic E-state index is 10.5. The van der Waals surface area contributed by atoms with Gasteiger partial charge in [0.2, 0.25) is 0 Å². The molecule has 0 amide bonds. The number of aldehydes is 1. The van der Waals surface area contributed by atoms with E-state index in [1.54, 1.807) is 0 Å². The fourth-order valence-corrected chi connectivity index (χ4v) is 2.17. The maximum atomic E-state index is 10.5. The average Bonchev–Trinajstić information content (AvgIpc) is 2.64. The van der Waals surface area contributed by atoms with Crippen LogP contribution in [-0.2, 0) is 24.1 Å². The predicted octanol–water partition coefficient (Wildman–Crippen LogP) is 2.55. The number of rotatable bonds is 3. The van der Waals surface area contributed by atoms with Crippen molar-refractivity contribution in [1.82, 2.24) is 0 Å². The van der Waals surface area contributed by atoms with Gasteiger partial charge in [0.25, 0.3) is 0 Å². The predicted molar refractivity (Wildman–Crippen MR) is 57.4 cm³/mol. The molecule has 74 valence electrons. The standard InChI is InChI=1S/C13H16O/c1-10(9-14)7-11-5-6-12-3-2-4-13(12)8-11/h5-6,8-10H,2-4,7H2,1H3. The molecule has 1 aliphatic carbocycles. The lowest BCUT2D eigenvalue weighted by molar-refractivity contribution is -0.110. The van der Waals surface area contributed by atoms with Crippen LogP contribution in [-0.4, -0.2) is 6.29 Å². The molecular formula is C13H16O. The fourth-order valence-electron chi connectivity index (χ4n) is 2.17. The average molecular weight is 188 g/mol. The number of benzene rings is 1. The Balaban J connectivity index is 2.16. The van der Waals surface area contributed by atoms with Gasteiger partial charge in [-0.25, -0.2) is 0 Å². The highest BCUT2D eigenvalue weighted by molar-refractivity contribution is 5.53. The van der Waals surface area contributed by atoms with Crippen LogP contribution in [0.4, 0.5) is 0 Å². The molecule has 0 spiro atoms. The third-order valence-corrected chi connectivity index (χ3v) is 2.95. The van der Waals surface area contributed by atoms with Crippen LogP contribution in [0.3, 0.4) is 0 Å². The number of carbonyl (C=O) groups is 1. The van der Waals surface area contributed by atoms with Crippen LogP contribution < -0.4 is 0 Å². The summed E-state index contributed by atoms with van der Waals surface area (Å²) >= 11 is 0. The maximum Gasteiger partial charge on any atom is 0.123 e. The van der Waals surface area contributed by atoms with Gasteiger partial charge in [-0.1, -0.05) is 25.1 Å². The van der Waals surface area contributed by atoms with Crippen molar-refractivity contribution in [2.45, 2.75) is 32.6 Å². The molecule has 0 aromatic heterocycles. The van der Waals surface area contributed by atoms with E-state index in [-0.39, 0.29) is 5.92 Å². The van der Waals surface area contributed by atoms with E-state index >= 15 is 0 Å². The van der Waals surface area contributed by atoms with Crippen molar-refractivity contribution in [2.75, 3.05) is 0 Å². The second kappa shape index (κ2) is 3.95. The van der Waals surface area contributed by atoms with Gasteiger partial charge in [-0.15, -0.1) is 0 Å². The van der Waals surface area contributed by atoms with Crippen LogP contribution in [0.25, 0.3) is 0 Å². The minimum atomic E-state index is 0.148. The molecule has 2 rings (SSSR count). The van der Waals surface area contributed by atoms with Gasteiger partial charge in [0, 0.05) is 5.92 Å². The molecule has 0 aliphatic heterocycles. The molecule has 1 aromatic rings. The summed E-state index contributed by atoms with van der Waals surface area (Å²) in [4.78, 5) is 10.5. The minimum absolute atomic E-state index is 0.148. The number of aryl methyl sites for hydroxylation is 2. The van der Waals surface area contributed by atoms with E-state index in [9.17, 15) is 4.79 Å². The molecule has 0 saturated heterocycles. The van der Waals surface area contributed by atoms with Gasteiger partial charge in [-0.3, -0.25) is 0 Å². The highest BCUT2D eigenvalue weighted by atomic mass is 16.1. The van der Waals surface area contributed by atoms with Crippen LogP contribution >= 0.6 is 0 Å². The van der Waals surface area contributed by atoms with E-state index < -0.39 is 0 Å². The lowest BCUT2D eigenvalue weighted by Crippen LogP contribution is -2.01. The van der Waals surface area contributed by atoms with Crippen LogP contribution in [0.15, 0.2) is 18.2 Å². The lowest BCUT2D eigenvalue weighted by atomic mass is 9.99. The summed E-state index contributed by atoms with van der Waals surface area (Å²) in [5.41, 5.74) is 4.32. The summed E-state index contributed by atoms with van der Waals surface area (Å²) in [6.07, 6.45) is 5.67. The largest absolute Gasteiger partial charge is 0.303 e. The molecule has 0 bridgehead atoms. The third kappa shape index (κ3) is 1.87. The van der Waals surface area contributed by atoms with Gasteiger partial charge >= 0.3 is 0 Å². The van der Waals surface area contributed by atoms with Gasteiger partial charge in [-0.2, -0.15) is 0 Å².